The van der Waals surface area contributed by atoms with Crippen LogP contribution in [0.4, 0.5) is 4.39 Å². The van der Waals surface area contributed by atoms with Gasteiger partial charge in [0.1, 0.15) is 10.1 Å². The Balaban J connectivity index is 2.02. The van der Waals surface area contributed by atoms with Gasteiger partial charge in [-0.15, -0.1) is 6.58 Å². The lowest BCUT2D eigenvalue weighted by Gasteiger charge is -2.11. The van der Waals surface area contributed by atoms with Crippen molar-refractivity contribution in [3.05, 3.63) is 70.7 Å². The molecule has 1 aromatic heterocycles. The van der Waals surface area contributed by atoms with Crippen molar-refractivity contribution >= 4 is 40.3 Å². The minimum Gasteiger partial charge on any atom is -0.315 e. The SMILES string of the molecule is C=CCN1C(=O)C(=Cc2cc(C)n(-c3ccccc3F)c2C)SC1=S. The fraction of sp³-hybridized carbons (Fsp3) is 0.158. The number of hydrogen-bond acceptors (Lipinski definition) is 3. The summed E-state index contributed by atoms with van der Waals surface area (Å²) in [5.74, 6) is -0.404. The van der Waals surface area contributed by atoms with E-state index in [0.29, 0.717) is 21.5 Å². The topological polar surface area (TPSA) is 25.2 Å². The van der Waals surface area contributed by atoms with Crippen LogP contribution in [0.15, 0.2) is 47.9 Å². The molecule has 1 aliphatic heterocycles. The average molecular weight is 372 g/mol. The number of aromatic nitrogens is 1. The van der Waals surface area contributed by atoms with Gasteiger partial charge in [0.25, 0.3) is 5.91 Å². The molecule has 0 unspecified atom stereocenters. The monoisotopic (exact) mass is 372 g/mol. The summed E-state index contributed by atoms with van der Waals surface area (Å²) in [5.41, 5.74) is 3.14. The highest BCUT2D eigenvalue weighted by atomic mass is 32.2. The van der Waals surface area contributed by atoms with E-state index in [2.05, 4.69) is 6.58 Å². The molecule has 0 spiro atoms. The molecule has 1 saturated heterocycles. The van der Waals surface area contributed by atoms with E-state index in [9.17, 15) is 9.18 Å². The summed E-state index contributed by atoms with van der Waals surface area (Å²) in [6.45, 7) is 7.88. The third-order valence-corrected chi connectivity index (χ3v) is 5.41. The fourth-order valence-corrected chi connectivity index (χ4v) is 4.13. The molecule has 6 heteroatoms. The summed E-state index contributed by atoms with van der Waals surface area (Å²) < 4.78 is 16.6. The molecular weight excluding hydrogens is 355 g/mol. The number of para-hydroxylation sites is 1. The number of carbonyl (C=O) groups excluding carboxylic acids is 1. The third kappa shape index (κ3) is 3.19. The number of rotatable bonds is 4. The highest BCUT2D eigenvalue weighted by Gasteiger charge is 2.31. The largest absolute Gasteiger partial charge is 0.315 e. The van der Waals surface area contributed by atoms with Crippen molar-refractivity contribution in [2.75, 3.05) is 6.54 Å². The number of hydrogen-bond donors (Lipinski definition) is 0. The van der Waals surface area contributed by atoms with Gasteiger partial charge >= 0.3 is 0 Å². The minimum atomic E-state index is -0.284. The van der Waals surface area contributed by atoms with Crippen LogP contribution in [0.1, 0.15) is 17.0 Å². The van der Waals surface area contributed by atoms with E-state index in [1.165, 1.54) is 22.7 Å². The van der Waals surface area contributed by atoms with Gasteiger partial charge in [-0.2, -0.15) is 0 Å². The second-order valence-corrected chi connectivity index (χ2v) is 7.37. The minimum absolute atomic E-state index is 0.120. The molecule has 1 amide bonds. The first-order valence-electron chi connectivity index (χ1n) is 7.74. The van der Waals surface area contributed by atoms with Crippen LogP contribution in [0.25, 0.3) is 11.8 Å². The number of aryl methyl sites for hydroxylation is 1. The van der Waals surface area contributed by atoms with Crippen molar-refractivity contribution in [3.63, 3.8) is 0 Å². The fourth-order valence-electron chi connectivity index (χ4n) is 2.87. The van der Waals surface area contributed by atoms with Crippen molar-refractivity contribution in [1.29, 1.82) is 0 Å². The normalized spacial score (nSPS) is 16.1. The molecule has 0 atom stereocenters. The number of amides is 1. The van der Waals surface area contributed by atoms with E-state index in [1.807, 2.05) is 30.6 Å². The summed E-state index contributed by atoms with van der Waals surface area (Å²) in [6.07, 6.45) is 3.47. The standard InChI is InChI=1S/C19H17FN2OS2/c1-4-9-21-18(23)17(25-19(21)24)11-14-10-12(2)22(13(14)3)16-8-6-5-7-15(16)20/h4-8,10-11H,1,9H2,2-3H3. The molecule has 0 aliphatic carbocycles. The second-order valence-electron chi connectivity index (χ2n) is 5.69. The number of thioether (sulfide) groups is 1. The Labute approximate surface area is 155 Å². The zero-order valence-electron chi connectivity index (χ0n) is 14.0. The van der Waals surface area contributed by atoms with Gasteiger partial charge in [-0.05, 0) is 43.7 Å². The highest BCUT2D eigenvalue weighted by Crippen LogP contribution is 2.34. The quantitative estimate of drug-likeness (QED) is 0.445. The summed E-state index contributed by atoms with van der Waals surface area (Å²) >= 11 is 6.54. The lowest BCUT2D eigenvalue weighted by atomic mass is 10.2. The zero-order valence-corrected chi connectivity index (χ0v) is 15.6. The molecule has 1 aliphatic rings. The van der Waals surface area contributed by atoms with Gasteiger partial charge in [-0.3, -0.25) is 9.69 Å². The predicted octanol–water partition coefficient (Wildman–Crippen LogP) is 4.62. The van der Waals surface area contributed by atoms with Crippen molar-refractivity contribution in [1.82, 2.24) is 9.47 Å². The molecule has 128 valence electrons. The Hall–Kier alpha value is -2.18. The molecule has 1 fully saturated rings. The Morgan fingerprint density at radius 2 is 2.04 bits per heavy atom. The zero-order chi connectivity index (χ0) is 18.1. The van der Waals surface area contributed by atoms with Crippen LogP contribution in [0.2, 0.25) is 0 Å². The Morgan fingerprint density at radius 3 is 2.72 bits per heavy atom. The van der Waals surface area contributed by atoms with Gasteiger partial charge in [-0.1, -0.05) is 42.2 Å². The first-order chi connectivity index (χ1) is 11.9. The lowest BCUT2D eigenvalue weighted by molar-refractivity contribution is -0.121. The molecule has 0 radical (unpaired) electrons. The van der Waals surface area contributed by atoms with Gasteiger partial charge < -0.3 is 4.57 Å². The number of carbonyl (C=O) groups is 1. The Kier molecular flexibility index (Phi) is 4.92. The van der Waals surface area contributed by atoms with E-state index in [1.54, 1.807) is 24.3 Å². The molecule has 2 aromatic rings. The third-order valence-electron chi connectivity index (χ3n) is 4.04. The van der Waals surface area contributed by atoms with Gasteiger partial charge in [0.2, 0.25) is 0 Å². The molecule has 25 heavy (non-hydrogen) atoms. The molecular formula is C19H17FN2OS2. The first kappa shape index (κ1) is 17.6. The molecule has 3 nitrogen and oxygen atoms in total. The van der Waals surface area contributed by atoms with Gasteiger partial charge in [0.05, 0.1) is 10.6 Å². The summed E-state index contributed by atoms with van der Waals surface area (Å²) in [6, 6.07) is 8.59. The molecule has 0 saturated carbocycles. The molecule has 0 bridgehead atoms. The van der Waals surface area contributed by atoms with Crippen LogP contribution < -0.4 is 0 Å². The molecule has 2 heterocycles. The number of nitrogens with zero attached hydrogens (tertiary/aromatic N) is 2. The van der Waals surface area contributed by atoms with Gasteiger partial charge in [0, 0.05) is 17.9 Å². The van der Waals surface area contributed by atoms with Crippen LogP contribution in [0.3, 0.4) is 0 Å². The predicted molar refractivity (Wildman–Crippen MR) is 105 cm³/mol. The molecule has 1 aromatic carbocycles. The maximum Gasteiger partial charge on any atom is 0.266 e. The van der Waals surface area contributed by atoms with Crippen LogP contribution in [0.5, 0.6) is 0 Å². The van der Waals surface area contributed by atoms with Crippen LogP contribution in [0, 0.1) is 19.7 Å². The van der Waals surface area contributed by atoms with Crippen LogP contribution in [-0.2, 0) is 4.79 Å². The first-order valence-corrected chi connectivity index (χ1v) is 8.96. The number of benzene rings is 1. The maximum absolute atomic E-state index is 14.2. The van der Waals surface area contributed by atoms with Crippen molar-refractivity contribution in [2.45, 2.75) is 13.8 Å². The average Bonchev–Trinajstić information content (AvgIpc) is 2.99. The molecule has 3 rings (SSSR count). The summed E-state index contributed by atoms with van der Waals surface area (Å²) in [5, 5.41) is 0. The Bertz CT molecular complexity index is 914. The number of thiocarbonyl (C=S) groups is 1. The van der Waals surface area contributed by atoms with E-state index in [-0.39, 0.29) is 11.7 Å². The van der Waals surface area contributed by atoms with Gasteiger partial charge in [0.15, 0.2) is 0 Å². The van der Waals surface area contributed by atoms with E-state index >= 15 is 0 Å². The van der Waals surface area contributed by atoms with Crippen LogP contribution in [-0.4, -0.2) is 26.2 Å². The van der Waals surface area contributed by atoms with E-state index < -0.39 is 0 Å². The highest BCUT2D eigenvalue weighted by molar-refractivity contribution is 8.26. The van der Waals surface area contributed by atoms with Crippen molar-refractivity contribution in [2.24, 2.45) is 0 Å². The van der Waals surface area contributed by atoms with Crippen LogP contribution >= 0.6 is 24.0 Å². The van der Waals surface area contributed by atoms with E-state index in [0.717, 1.165) is 17.0 Å². The van der Waals surface area contributed by atoms with Crippen molar-refractivity contribution in [3.8, 4) is 5.69 Å². The second kappa shape index (κ2) is 6.98. The van der Waals surface area contributed by atoms with E-state index in [4.69, 9.17) is 12.2 Å². The molecule has 0 N–H and O–H groups in total. The van der Waals surface area contributed by atoms with Crippen molar-refractivity contribution < 1.29 is 9.18 Å². The summed E-state index contributed by atoms with van der Waals surface area (Å²) in [7, 11) is 0. The summed E-state index contributed by atoms with van der Waals surface area (Å²) in [4.78, 5) is 14.6. The smallest absolute Gasteiger partial charge is 0.266 e. The van der Waals surface area contributed by atoms with Gasteiger partial charge in [-0.25, -0.2) is 4.39 Å². The Morgan fingerprint density at radius 1 is 1.32 bits per heavy atom. The maximum atomic E-state index is 14.2. The number of halogens is 1. The lowest BCUT2D eigenvalue weighted by Crippen LogP contribution is -2.27.